The van der Waals surface area contributed by atoms with Crippen LogP contribution < -0.4 is 11.5 Å². The summed E-state index contributed by atoms with van der Waals surface area (Å²) >= 11 is 21.1. The lowest BCUT2D eigenvalue weighted by Crippen LogP contribution is -1.95. The van der Waals surface area contributed by atoms with Gasteiger partial charge in [-0.15, -0.1) is 0 Å². The average Bonchev–Trinajstić information content (AvgIpc) is 2.25. The van der Waals surface area contributed by atoms with Crippen LogP contribution in [0.3, 0.4) is 0 Å². The van der Waals surface area contributed by atoms with Crippen LogP contribution in [0, 0.1) is 0 Å². The molecule has 0 aromatic heterocycles. The fourth-order valence-corrected chi connectivity index (χ4v) is 6.36. The zero-order valence-corrected chi connectivity index (χ0v) is 19.3. The fourth-order valence-electron chi connectivity index (χ4n) is 1.45. The second-order valence-corrected chi connectivity index (χ2v) is 8.86. The summed E-state index contributed by atoms with van der Waals surface area (Å²) in [6, 6.07) is 7.98. The van der Waals surface area contributed by atoms with Crippen molar-refractivity contribution in [1.82, 2.24) is 6.15 Å². The normalized spacial score (nSPS) is 10.1. The van der Waals surface area contributed by atoms with Gasteiger partial charge in [-0.05, 0) is 88.0 Å². The van der Waals surface area contributed by atoms with Crippen LogP contribution in [-0.4, -0.2) is 0 Å². The van der Waals surface area contributed by atoms with E-state index in [1.165, 1.54) is 0 Å². The van der Waals surface area contributed by atoms with Crippen molar-refractivity contribution in [2.75, 3.05) is 5.32 Å². The van der Waals surface area contributed by atoms with Gasteiger partial charge in [0.1, 0.15) is 0 Å². The molecule has 4 N–H and O–H groups in total. The minimum atomic E-state index is 0. The molecule has 8 heteroatoms. The third-order valence-electron chi connectivity index (χ3n) is 2.26. The first-order valence-electron chi connectivity index (χ1n) is 4.94. The maximum atomic E-state index is 3.56. The minimum absolute atomic E-state index is 0. The molecule has 2 rings (SSSR count). The number of anilines is 2. The van der Waals surface area contributed by atoms with Crippen LogP contribution in [0.25, 0.3) is 0 Å². The lowest BCUT2D eigenvalue weighted by molar-refractivity contribution is 1.44. The molecule has 0 aliphatic carbocycles. The summed E-state index contributed by atoms with van der Waals surface area (Å²) in [5, 5.41) is 3.40. The van der Waals surface area contributed by atoms with Crippen LogP contribution in [0.5, 0.6) is 0 Å². The van der Waals surface area contributed by atoms with Gasteiger partial charge in [-0.25, -0.2) is 0 Å². The smallest absolute Gasteiger partial charge is 0.0674 e. The highest BCUT2D eigenvalue weighted by molar-refractivity contribution is 9.12. The van der Waals surface area contributed by atoms with Gasteiger partial charge in [-0.1, -0.05) is 31.9 Å². The van der Waals surface area contributed by atoms with Crippen LogP contribution in [-0.2, 0) is 0 Å². The van der Waals surface area contributed by atoms with E-state index < -0.39 is 0 Å². The Labute approximate surface area is 167 Å². The summed E-state index contributed by atoms with van der Waals surface area (Å²) < 4.78 is 5.88. The molecule has 0 saturated carbocycles. The van der Waals surface area contributed by atoms with Crippen molar-refractivity contribution in [3.05, 3.63) is 51.1 Å². The maximum absolute atomic E-state index is 3.56. The molecule has 0 aliphatic rings. The molecule has 2 aromatic carbocycles. The van der Waals surface area contributed by atoms with E-state index in [-0.39, 0.29) is 6.15 Å². The van der Waals surface area contributed by atoms with Crippen LogP contribution >= 0.6 is 95.6 Å². The molecule has 0 saturated heterocycles. The summed E-state index contributed by atoms with van der Waals surface area (Å²) in [5.74, 6) is 0. The summed E-state index contributed by atoms with van der Waals surface area (Å²) in [7, 11) is 0. The zero-order chi connectivity index (χ0) is 14.2. The van der Waals surface area contributed by atoms with Crippen LogP contribution in [0.15, 0.2) is 51.1 Å². The molecule has 0 bridgehead atoms. The van der Waals surface area contributed by atoms with Gasteiger partial charge in [0.2, 0.25) is 0 Å². The van der Waals surface area contributed by atoms with Crippen molar-refractivity contribution in [2.24, 2.45) is 0 Å². The van der Waals surface area contributed by atoms with Gasteiger partial charge in [0.25, 0.3) is 0 Å². The average molecular weight is 660 g/mol. The van der Waals surface area contributed by atoms with Gasteiger partial charge >= 0.3 is 0 Å². The minimum Gasteiger partial charge on any atom is -0.352 e. The van der Waals surface area contributed by atoms with Crippen LogP contribution in [0.1, 0.15) is 0 Å². The van der Waals surface area contributed by atoms with E-state index in [9.17, 15) is 0 Å². The summed E-state index contributed by atoms with van der Waals surface area (Å²) in [6.45, 7) is 0. The summed E-state index contributed by atoms with van der Waals surface area (Å²) in [6.07, 6.45) is 0. The maximum Gasteiger partial charge on any atom is 0.0674 e. The van der Waals surface area contributed by atoms with E-state index in [0.29, 0.717) is 0 Å². The molecular formula is C12H8Br6N2. The van der Waals surface area contributed by atoms with E-state index in [4.69, 9.17) is 0 Å². The number of benzene rings is 2. The lowest BCUT2D eigenvalue weighted by atomic mass is 10.2. The molecule has 0 radical (unpaired) electrons. The van der Waals surface area contributed by atoms with Gasteiger partial charge in [0, 0.05) is 26.8 Å². The largest absolute Gasteiger partial charge is 0.352 e. The zero-order valence-electron chi connectivity index (χ0n) is 9.78. The second-order valence-electron chi connectivity index (χ2n) is 3.61. The number of hydrogen-bond donors (Lipinski definition) is 2. The molecular weight excluding hydrogens is 652 g/mol. The third kappa shape index (κ3) is 4.54. The SMILES string of the molecule is Brc1cc(Br)c(Nc2c(Br)cc(Br)cc2Br)c(Br)c1.N. The Hall–Kier alpha value is 1.08. The Morgan fingerprint density at radius 1 is 0.550 bits per heavy atom. The van der Waals surface area contributed by atoms with E-state index in [1.807, 2.05) is 24.3 Å². The topological polar surface area (TPSA) is 47.0 Å². The van der Waals surface area contributed by atoms with Crippen molar-refractivity contribution in [2.45, 2.75) is 0 Å². The molecule has 0 aliphatic heterocycles. The Morgan fingerprint density at radius 2 is 0.800 bits per heavy atom. The molecule has 108 valence electrons. The van der Waals surface area contributed by atoms with Crippen molar-refractivity contribution in [3.63, 3.8) is 0 Å². The molecule has 0 spiro atoms. The third-order valence-corrected chi connectivity index (χ3v) is 5.68. The highest BCUT2D eigenvalue weighted by Crippen LogP contribution is 2.41. The highest BCUT2D eigenvalue weighted by atomic mass is 79.9. The van der Waals surface area contributed by atoms with E-state index in [0.717, 1.165) is 38.2 Å². The van der Waals surface area contributed by atoms with Gasteiger partial charge < -0.3 is 11.5 Å². The molecule has 20 heavy (non-hydrogen) atoms. The lowest BCUT2D eigenvalue weighted by Gasteiger charge is -2.15. The second kappa shape index (κ2) is 8.08. The molecule has 2 aromatic rings. The first-order valence-corrected chi connectivity index (χ1v) is 9.70. The first-order chi connectivity index (χ1) is 8.88. The number of halogens is 6. The summed E-state index contributed by atoms with van der Waals surface area (Å²) in [4.78, 5) is 0. The van der Waals surface area contributed by atoms with Crippen molar-refractivity contribution in [1.29, 1.82) is 0 Å². The molecule has 0 atom stereocenters. The van der Waals surface area contributed by atoms with Crippen molar-refractivity contribution >= 4 is 107 Å². The van der Waals surface area contributed by atoms with Gasteiger partial charge in [0.15, 0.2) is 0 Å². The Bertz CT molecular complexity index is 542. The number of hydrogen-bond acceptors (Lipinski definition) is 2. The Morgan fingerprint density at radius 3 is 1.05 bits per heavy atom. The molecule has 0 amide bonds. The standard InChI is InChI=1S/C12H5Br6N.H3N/c13-5-1-7(15)11(8(16)2-5)19-12-9(17)3-6(14)4-10(12)18;/h1-4,19H;1H3. The molecule has 2 nitrogen and oxygen atoms in total. The number of nitrogens with one attached hydrogen (secondary N) is 1. The van der Waals surface area contributed by atoms with Crippen molar-refractivity contribution < 1.29 is 0 Å². The predicted molar refractivity (Wildman–Crippen MR) is 107 cm³/mol. The Kier molecular flexibility index (Phi) is 7.73. The summed E-state index contributed by atoms with van der Waals surface area (Å²) in [5.41, 5.74) is 1.93. The highest BCUT2D eigenvalue weighted by Gasteiger charge is 2.12. The van der Waals surface area contributed by atoms with E-state index in [2.05, 4.69) is 101 Å². The van der Waals surface area contributed by atoms with Crippen molar-refractivity contribution in [3.8, 4) is 0 Å². The molecule has 0 heterocycles. The van der Waals surface area contributed by atoms with Gasteiger partial charge in [-0.3, -0.25) is 0 Å². The van der Waals surface area contributed by atoms with Gasteiger partial charge in [-0.2, -0.15) is 0 Å². The first kappa shape index (κ1) is 19.1. The predicted octanol–water partition coefficient (Wildman–Crippen LogP) is 8.17. The van der Waals surface area contributed by atoms with E-state index in [1.54, 1.807) is 0 Å². The van der Waals surface area contributed by atoms with Crippen LogP contribution in [0.4, 0.5) is 11.4 Å². The quantitative estimate of drug-likeness (QED) is 0.342. The molecule has 0 unspecified atom stereocenters. The molecule has 0 fully saturated rings. The van der Waals surface area contributed by atoms with E-state index >= 15 is 0 Å². The monoisotopic (exact) mass is 654 g/mol. The number of rotatable bonds is 2. The Balaban J connectivity index is 0.00000200. The van der Waals surface area contributed by atoms with Gasteiger partial charge in [0.05, 0.1) is 11.4 Å². The fraction of sp³-hybridized carbons (Fsp3) is 0. The van der Waals surface area contributed by atoms with Crippen LogP contribution in [0.2, 0.25) is 0 Å².